The molecule has 0 saturated heterocycles. The number of aromatic amines is 1. The number of anilines is 1. The molecule has 0 aromatic carbocycles. The van der Waals surface area contributed by atoms with Gasteiger partial charge in [0.1, 0.15) is 17.7 Å². The highest BCUT2D eigenvalue weighted by atomic mass is 16.4. The van der Waals surface area contributed by atoms with Crippen LogP contribution in [0.1, 0.15) is 16.1 Å². The third-order valence-corrected chi connectivity index (χ3v) is 2.29. The van der Waals surface area contributed by atoms with Gasteiger partial charge < -0.3 is 15.4 Å². The number of nitrogens with one attached hydrogen (secondary N) is 2. The molecule has 0 aliphatic carbocycles. The lowest BCUT2D eigenvalue weighted by molar-refractivity contribution is 0.0697. The Morgan fingerprint density at radius 2 is 2.41 bits per heavy atom. The smallest absolute Gasteiger partial charge is 0.341 e. The summed E-state index contributed by atoms with van der Waals surface area (Å²) in [6.45, 7) is 0.609. The number of hydrogen-bond acceptors (Lipinski definition) is 4. The standard InChI is InChI=1S/C11H12N4O2/c16-11(17)9-6-12-7-15-10(9)14-5-3-8-2-1-4-13-8/h1-2,4,6-7,13H,3,5H2,(H,16,17)(H,12,14,15). The maximum Gasteiger partial charge on any atom is 0.341 e. The van der Waals surface area contributed by atoms with E-state index in [1.807, 2.05) is 18.3 Å². The third kappa shape index (κ3) is 2.81. The monoisotopic (exact) mass is 232 g/mol. The molecular formula is C11H12N4O2. The normalized spacial score (nSPS) is 10.1. The van der Waals surface area contributed by atoms with Crippen LogP contribution >= 0.6 is 0 Å². The average molecular weight is 232 g/mol. The zero-order valence-electron chi connectivity index (χ0n) is 9.05. The van der Waals surface area contributed by atoms with Crippen LogP contribution in [-0.2, 0) is 6.42 Å². The lowest BCUT2D eigenvalue weighted by atomic mass is 10.3. The van der Waals surface area contributed by atoms with Crippen LogP contribution in [0.5, 0.6) is 0 Å². The SMILES string of the molecule is O=C(O)c1cncnc1NCCc1ccc[nH]1. The molecule has 6 nitrogen and oxygen atoms in total. The maximum atomic E-state index is 10.9. The highest BCUT2D eigenvalue weighted by Gasteiger charge is 2.10. The lowest BCUT2D eigenvalue weighted by Crippen LogP contribution is -2.11. The molecule has 0 saturated carbocycles. The number of H-pyrrole nitrogens is 1. The average Bonchev–Trinajstić information content (AvgIpc) is 2.82. The molecule has 0 fully saturated rings. The van der Waals surface area contributed by atoms with Gasteiger partial charge in [-0.1, -0.05) is 0 Å². The van der Waals surface area contributed by atoms with Gasteiger partial charge in [0.15, 0.2) is 0 Å². The zero-order chi connectivity index (χ0) is 12.1. The van der Waals surface area contributed by atoms with Crippen LogP contribution in [-0.4, -0.2) is 32.6 Å². The van der Waals surface area contributed by atoms with Crippen LogP contribution in [0.15, 0.2) is 30.9 Å². The topological polar surface area (TPSA) is 90.9 Å². The van der Waals surface area contributed by atoms with E-state index >= 15 is 0 Å². The Kier molecular flexibility index (Phi) is 3.34. The van der Waals surface area contributed by atoms with Gasteiger partial charge in [-0.3, -0.25) is 0 Å². The molecule has 0 bridgehead atoms. The summed E-state index contributed by atoms with van der Waals surface area (Å²) in [5.41, 5.74) is 1.17. The van der Waals surface area contributed by atoms with E-state index in [-0.39, 0.29) is 5.56 Å². The molecule has 6 heteroatoms. The molecular weight excluding hydrogens is 220 g/mol. The van der Waals surface area contributed by atoms with Gasteiger partial charge in [0.25, 0.3) is 0 Å². The summed E-state index contributed by atoms with van der Waals surface area (Å²) in [7, 11) is 0. The van der Waals surface area contributed by atoms with Crippen LogP contribution in [0.4, 0.5) is 5.82 Å². The van der Waals surface area contributed by atoms with Crippen molar-refractivity contribution in [2.75, 3.05) is 11.9 Å². The fourth-order valence-electron chi connectivity index (χ4n) is 1.47. The van der Waals surface area contributed by atoms with E-state index in [0.717, 1.165) is 12.1 Å². The molecule has 3 N–H and O–H groups in total. The second kappa shape index (κ2) is 5.11. The fraction of sp³-hybridized carbons (Fsp3) is 0.182. The van der Waals surface area contributed by atoms with Gasteiger partial charge in [-0.05, 0) is 12.1 Å². The van der Waals surface area contributed by atoms with Crippen molar-refractivity contribution in [2.45, 2.75) is 6.42 Å². The third-order valence-electron chi connectivity index (χ3n) is 2.29. The summed E-state index contributed by atoms with van der Waals surface area (Å²) in [5.74, 6) is -0.688. The molecule has 88 valence electrons. The molecule has 2 aromatic rings. The Bertz CT molecular complexity index is 496. The van der Waals surface area contributed by atoms with Gasteiger partial charge in [-0.2, -0.15) is 0 Å². The van der Waals surface area contributed by atoms with Crippen LogP contribution < -0.4 is 5.32 Å². The maximum absolute atomic E-state index is 10.9. The number of hydrogen-bond donors (Lipinski definition) is 3. The Morgan fingerprint density at radius 1 is 1.53 bits per heavy atom. The summed E-state index contributed by atoms with van der Waals surface area (Å²) in [5, 5.41) is 11.9. The quantitative estimate of drug-likeness (QED) is 0.719. The largest absolute Gasteiger partial charge is 0.477 e. The second-order valence-electron chi connectivity index (χ2n) is 3.46. The predicted octanol–water partition coefficient (Wildman–Crippen LogP) is 1.16. The van der Waals surface area contributed by atoms with E-state index in [0.29, 0.717) is 12.4 Å². The Hall–Kier alpha value is -2.37. The first kappa shape index (κ1) is 11.1. The van der Waals surface area contributed by atoms with Crippen LogP contribution in [0.25, 0.3) is 0 Å². The van der Waals surface area contributed by atoms with Crippen molar-refractivity contribution in [3.8, 4) is 0 Å². The Balaban J connectivity index is 1.97. The number of rotatable bonds is 5. The molecule has 0 atom stereocenters. The highest BCUT2D eigenvalue weighted by Crippen LogP contribution is 2.09. The minimum atomic E-state index is -1.03. The first-order valence-electron chi connectivity index (χ1n) is 5.17. The molecule has 0 radical (unpaired) electrons. The van der Waals surface area contributed by atoms with E-state index in [1.165, 1.54) is 12.5 Å². The van der Waals surface area contributed by atoms with Crippen molar-refractivity contribution >= 4 is 11.8 Å². The number of carboxylic acids is 1. The van der Waals surface area contributed by atoms with Crippen molar-refractivity contribution in [3.63, 3.8) is 0 Å². The molecule has 0 amide bonds. The van der Waals surface area contributed by atoms with Crippen molar-refractivity contribution in [2.24, 2.45) is 0 Å². The first-order valence-corrected chi connectivity index (χ1v) is 5.17. The van der Waals surface area contributed by atoms with Gasteiger partial charge in [0.05, 0.1) is 0 Å². The number of carbonyl (C=O) groups is 1. The zero-order valence-corrected chi connectivity index (χ0v) is 9.05. The number of carboxylic acid groups (broad SMARTS) is 1. The van der Waals surface area contributed by atoms with Gasteiger partial charge in [-0.25, -0.2) is 14.8 Å². The summed E-state index contributed by atoms with van der Waals surface area (Å²) in [4.78, 5) is 21.6. The molecule has 2 heterocycles. The van der Waals surface area contributed by atoms with Gasteiger partial charge >= 0.3 is 5.97 Å². The molecule has 17 heavy (non-hydrogen) atoms. The summed E-state index contributed by atoms with van der Waals surface area (Å²) >= 11 is 0. The number of aromatic carboxylic acids is 1. The summed E-state index contributed by atoms with van der Waals surface area (Å²) in [6, 6.07) is 3.89. The minimum absolute atomic E-state index is 0.0824. The van der Waals surface area contributed by atoms with Crippen molar-refractivity contribution in [1.82, 2.24) is 15.0 Å². The van der Waals surface area contributed by atoms with Crippen molar-refractivity contribution in [3.05, 3.63) is 42.1 Å². The predicted molar refractivity (Wildman–Crippen MR) is 62.0 cm³/mol. The first-order chi connectivity index (χ1) is 8.27. The summed E-state index contributed by atoms with van der Waals surface area (Å²) in [6.07, 6.45) is 5.23. The van der Waals surface area contributed by atoms with Crippen LogP contribution in [0.2, 0.25) is 0 Å². The lowest BCUT2D eigenvalue weighted by Gasteiger charge is -2.06. The fourth-order valence-corrected chi connectivity index (χ4v) is 1.47. The molecule has 0 spiro atoms. The second-order valence-corrected chi connectivity index (χ2v) is 3.46. The van der Waals surface area contributed by atoms with Crippen LogP contribution in [0.3, 0.4) is 0 Å². The molecule has 2 aromatic heterocycles. The van der Waals surface area contributed by atoms with Gasteiger partial charge in [0.2, 0.25) is 0 Å². The molecule has 0 aliphatic rings. The van der Waals surface area contributed by atoms with E-state index in [4.69, 9.17) is 5.11 Å². The Labute approximate surface area is 97.7 Å². The van der Waals surface area contributed by atoms with Crippen LogP contribution in [0, 0.1) is 0 Å². The Morgan fingerprint density at radius 3 is 3.12 bits per heavy atom. The van der Waals surface area contributed by atoms with E-state index in [1.54, 1.807) is 0 Å². The minimum Gasteiger partial charge on any atom is -0.477 e. The van der Waals surface area contributed by atoms with Crippen molar-refractivity contribution < 1.29 is 9.90 Å². The highest BCUT2D eigenvalue weighted by molar-refractivity contribution is 5.92. The van der Waals surface area contributed by atoms with Gasteiger partial charge in [0, 0.05) is 31.1 Å². The molecule has 0 unspecified atom stereocenters. The summed E-state index contributed by atoms with van der Waals surface area (Å²) < 4.78 is 0. The number of nitrogens with zero attached hydrogens (tertiary/aromatic N) is 2. The van der Waals surface area contributed by atoms with E-state index in [2.05, 4.69) is 20.3 Å². The molecule has 2 rings (SSSR count). The van der Waals surface area contributed by atoms with Gasteiger partial charge in [-0.15, -0.1) is 0 Å². The number of aromatic nitrogens is 3. The van der Waals surface area contributed by atoms with E-state index in [9.17, 15) is 4.79 Å². The van der Waals surface area contributed by atoms with Crippen molar-refractivity contribution in [1.29, 1.82) is 0 Å². The van der Waals surface area contributed by atoms with E-state index < -0.39 is 5.97 Å². The molecule has 0 aliphatic heterocycles.